The fourth-order valence-electron chi connectivity index (χ4n) is 4.28. The molecule has 5 nitrogen and oxygen atoms in total. The van der Waals surface area contributed by atoms with E-state index in [2.05, 4.69) is 17.4 Å². The SMILES string of the molecule is CC[C@@H](C(=O)NC1CCCC1)N(CCc1ccccc1)C(=O)Cc1ccc(OC)cc1. The summed E-state index contributed by atoms with van der Waals surface area (Å²) >= 11 is 0. The van der Waals surface area contributed by atoms with E-state index in [1.165, 1.54) is 0 Å². The molecule has 0 aromatic heterocycles. The van der Waals surface area contributed by atoms with Gasteiger partial charge in [0.25, 0.3) is 0 Å². The van der Waals surface area contributed by atoms with Crippen molar-refractivity contribution in [2.45, 2.75) is 64.0 Å². The lowest BCUT2D eigenvalue weighted by Crippen LogP contribution is -2.52. The smallest absolute Gasteiger partial charge is 0.243 e. The topological polar surface area (TPSA) is 58.6 Å². The van der Waals surface area contributed by atoms with Crippen LogP contribution in [0, 0.1) is 0 Å². The Morgan fingerprint density at radius 3 is 2.32 bits per heavy atom. The third-order valence-electron chi connectivity index (χ3n) is 6.09. The second kappa shape index (κ2) is 11.5. The van der Waals surface area contributed by atoms with Crippen LogP contribution in [0.1, 0.15) is 50.2 Å². The van der Waals surface area contributed by atoms with Gasteiger partial charge in [-0.3, -0.25) is 9.59 Å². The Kier molecular flexibility index (Phi) is 8.51. The Morgan fingerprint density at radius 2 is 1.71 bits per heavy atom. The van der Waals surface area contributed by atoms with E-state index >= 15 is 0 Å². The number of hydrogen-bond donors (Lipinski definition) is 1. The molecule has 1 fully saturated rings. The van der Waals surface area contributed by atoms with Gasteiger partial charge in [-0.05, 0) is 48.9 Å². The maximum atomic E-state index is 13.3. The first-order chi connectivity index (χ1) is 15.1. The van der Waals surface area contributed by atoms with Crippen molar-refractivity contribution in [3.8, 4) is 5.75 Å². The first kappa shape index (κ1) is 22.9. The summed E-state index contributed by atoms with van der Waals surface area (Å²) in [5.41, 5.74) is 2.08. The molecule has 31 heavy (non-hydrogen) atoms. The number of rotatable bonds is 10. The van der Waals surface area contributed by atoms with Gasteiger partial charge in [-0.15, -0.1) is 0 Å². The van der Waals surface area contributed by atoms with Crippen molar-refractivity contribution in [3.63, 3.8) is 0 Å². The van der Waals surface area contributed by atoms with Gasteiger partial charge in [-0.1, -0.05) is 62.2 Å². The monoisotopic (exact) mass is 422 g/mol. The minimum Gasteiger partial charge on any atom is -0.497 e. The number of benzene rings is 2. The Balaban J connectivity index is 1.73. The Hall–Kier alpha value is -2.82. The average Bonchev–Trinajstić information content (AvgIpc) is 3.30. The van der Waals surface area contributed by atoms with Gasteiger partial charge in [-0.25, -0.2) is 0 Å². The quantitative estimate of drug-likeness (QED) is 0.626. The van der Waals surface area contributed by atoms with Crippen LogP contribution in [0.2, 0.25) is 0 Å². The summed E-state index contributed by atoms with van der Waals surface area (Å²) in [6.07, 6.45) is 5.99. The second-order valence-corrected chi connectivity index (χ2v) is 8.26. The largest absolute Gasteiger partial charge is 0.497 e. The van der Waals surface area contributed by atoms with Gasteiger partial charge in [0, 0.05) is 12.6 Å². The lowest BCUT2D eigenvalue weighted by Gasteiger charge is -2.31. The highest BCUT2D eigenvalue weighted by Crippen LogP contribution is 2.19. The van der Waals surface area contributed by atoms with Crippen molar-refractivity contribution in [1.82, 2.24) is 10.2 Å². The van der Waals surface area contributed by atoms with Gasteiger partial charge in [-0.2, -0.15) is 0 Å². The maximum Gasteiger partial charge on any atom is 0.243 e. The zero-order valence-corrected chi connectivity index (χ0v) is 18.7. The number of nitrogens with one attached hydrogen (secondary N) is 1. The van der Waals surface area contributed by atoms with Crippen molar-refractivity contribution in [2.24, 2.45) is 0 Å². The molecule has 1 saturated carbocycles. The highest BCUT2D eigenvalue weighted by atomic mass is 16.5. The number of carbonyl (C=O) groups is 2. The Morgan fingerprint density at radius 1 is 1.03 bits per heavy atom. The standard InChI is InChI=1S/C26H34N2O3/c1-3-24(26(30)27-22-11-7-8-12-22)28(18-17-20-9-5-4-6-10-20)25(29)19-21-13-15-23(31-2)16-14-21/h4-6,9-10,13-16,22,24H,3,7-8,11-12,17-19H2,1-2H3,(H,27,30)/t24-/m0/s1. The summed E-state index contributed by atoms with van der Waals surface area (Å²) in [4.78, 5) is 28.2. The van der Waals surface area contributed by atoms with Gasteiger partial charge in [0.2, 0.25) is 11.8 Å². The molecule has 1 atom stereocenters. The van der Waals surface area contributed by atoms with E-state index in [0.29, 0.717) is 13.0 Å². The molecule has 5 heteroatoms. The molecule has 2 aromatic rings. The van der Waals surface area contributed by atoms with Crippen LogP contribution >= 0.6 is 0 Å². The molecule has 0 spiro atoms. The Bertz CT molecular complexity index is 829. The minimum absolute atomic E-state index is 0.0190. The van der Waals surface area contributed by atoms with Gasteiger partial charge in [0.1, 0.15) is 11.8 Å². The molecule has 0 heterocycles. The van der Waals surface area contributed by atoms with Crippen molar-refractivity contribution in [1.29, 1.82) is 0 Å². The summed E-state index contributed by atoms with van der Waals surface area (Å²) in [6.45, 7) is 2.50. The van der Waals surface area contributed by atoms with Crippen molar-refractivity contribution >= 4 is 11.8 Å². The normalized spacial score (nSPS) is 14.8. The van der Waals surface area contributed by atoms with Crippen LogP contribution in [-0.4, -0.2) is 42.5 Å². The molecule has 0 radical (unpaired) electrons. The van der Waals surface area contributed by atoms with Crippen LogP contribution in [0.25, 0.3) is 0 Å². The first-order valence-electron chi connectivity index (χ1n) is 11.4. The van der Waals surface area contributed by atoms with E-state index in [9.17, 15) is 9.59 Å². The molecule has 0 saturated heterocycles. The van der Waals surface area contributed by atoms with Crippen LogP contribution < -0.4 is 10.1 Å². The van der Waals surface area contributed by atoms with E-state index in [4.69, 9.17) is 4.74 Å². The van der Waals surface area contributed by atoms with Gasteiger partial charge in [0.05, 0.1) is 13.5 Å². The summed E-state index contributed by atoms with van der Waals surface area (Å²) < 4.78 is 5.21. The van der Waals surface area contributed by atoms with Gasteiger partial charge >= 0.3 is 0 Å². The predicted molar refractivity (Wildman–Crippen MR) is 123 cm³/mol. The molecule has 1 N–H and O–H groups in total. The molecule has 166 valence electrons. The van der Waals surface area contributed by atoms with Crippen molar-refractivity contribution < 1.29 is 14.3 Å². The fourth-order valence-corrected chi connectivity index (χ4v) is 4.28. The van der Waals surface area contributed by atoms with Crippen molar-refractivity contribution in [3.05, 3.63) is 65.7 Å². The third-order valence-corrected chi connectivity index (χ3v) is 6.09. The van der Waals surface area contributed by atoms with Crippen LogP contribution in [0.15, 0.2) is 54.6 Å². The Labute approximate surface area is 185 Å². The van der Waals surface area contributed by atoms with Crippen LogP contribution in [0.5, 0.6) is 5.75 Å². The molecule has 0 unspecified atom stereocenters. The van der Waals surface area contributed by atoms with Gasteiger partial charge < -0.3 is 15.0 Å². The number of amides is 2. The molecule has 2 amide bonds. The average molecular weight is 423 g/mol. The molecular weight excluding hydrogens is 388 g/mol. The van der Waals surface area contributed by atoms with E-state index in [0.717, 1.165) is 49.0 Å². The van der Waals surface area contributed by atoms with Gasteiger partial charge in [0.15, 0.2) is 0 Å². The zero-order valence-electron chi connectivity index (χ0n) is 18.7. The lowest BCUT2D eigenvalue weighted by atomic mass is 10.1. The second-order valence-electron chi connectivity index (χ2n) is 8.26. The first-order valence-corrected chi connectivity index (χ1v) is 11.4. The van der Waals surface area contributed by atoms with Crippen molar-refractivity contribution in [2.75, 3.05) is 13.7 Å². The van der Waals surface area contributed by atoms with Crippen LogP contribution in [0.4, 0.5) is 0 Å². The molecule has 3 rings (SSSR count). The van der Waals surface area contributed by atoms with Crippen LogP contribution in [-0.2, 0) is 22.4 Å². The maximum absolute atomic E-state index is 13.3. The summed E-state index contributed by atoms with van der Waals surface area (Å²) in [5, 5.41) is 3.19. The number of hydrogen-bond acceptors (Lipinski definition) is 3. The molecular formula is C26H34N2O3. The number of nitrogens with zero attached hydrogens (tertiary/aromatic N) is 1. The zero-order chi connectivity index (χ0) is 22.1. The van der Waals surface area contributed by atoms with E-state index in [1.807, 2.05) is 49.4 Å². The highest BCUT2D eigenvalue weighted by molar-refractivity contribution is 5.88. The fraction of sp³-hybridized carbons (Fsp3) is 0.462. The lowest BCUT2D eigenvalue weighted by molar-refractivity contribution is -0.140. The van der Waals surface area contributed by atoms with E-state index in [1.54, 1.807) is 12.0 Å². The summed E-state index contributed by atoms with van der Waals surface area (Å²) in [6, 6.07) is 17.5. The number of methoxy groups -OCH3 is 1. The molecule has 1 aliphatic carbocycles. The minimum atomic E-state index is -0.449. The van der Waals surface area contributed by atoms with E-state index in [-0.39, 0.29) is 24.3 Å². The molecule has 0 aliphatic heterocycles. The molecule has 1 aliphatic rings. The molecule has 0 bridgehead atoms. The summed E-state index contributed by atoms with van der Waals surface area (Å²) in [7, 11) is 1.63. The van der Waals surface area contributed by atoms with Crippen LogP contribution in [0.3, 0.4) is 0 Å². The number of carbonyl (C=O) groups excluding carboxylic acids is 2. The predicted octanol–water partition coefficient (Wildman–Crippen LogP) is 4.15. The molecule has 2 aromatic carbocycles. The van der Waals surface area contributed by atoms with E-state index < -0.39 is 6.04 Å². The third kappa shape index (κ3) is 6.58. The number of ether oxygens (including phenoxy) is 1. The summed E-state index contributed by atoms with van der Waals surface area (Å²) in [5.74, 6) is 0.722. The highest BCUT2D eigenvalue weighted by Gasteiger charge is 2.30.